The number of carbonyl (C=O) groups is 4. The molecule has 146 valence electrons. The zero-order chi connectivity index (χ0) is 20.0. The molecule has 0 saturated carbocycles. The van der Waals surface area contributed by atoms with Gasteiger partial charge in [0.05, 0.1) is 12.7 Å². The van der Waals surface area contributed by atoms with Crippen molar-refractivity contribution in [3.63, 3.8) is 0 Å². The molecule has 0 aliphatic carbocycles. The Bertz CT molecular complexity index is 717. The number of nitrogens with one attached hydrogen (secondary N) is 1. The van der Waals surface area contributed by atoms with Gasteiger partial charge in [0.25, 0.3) is 0 Å². The quantitative estimate of drug-likeness (QED) is 0.730. The van der Waals surface area contributed by atoms with Gasteiger partial charge in [-0.05, 0) is 31.0 Å². The molecule has 27 heavy (non-hydrogen) atoms. The van der Waals surface area contributed by atoms with E-state index < -0.39 is 17.9 Å². The summed E-state index contributed by atoms with van der Waals surface area (Å²) in [6, 6.07) is 6.22. The van der Waals surface area contributed by atoms with Gasteiger partial charge in [-0.15, -0.1) is 0 Å². The van der Waals surface area contributed by atoms with Gasteiger partial charge < -0.3 is 15.0 Å². The molecule has 0 radical (unpaired) electrons. The highest BCUT2D eigenvalue weighted by atomic mass is 16.5. The second kappa shape index (κ2) is 9.16. The number of amides is 4. The van der Waals surface area contributed by atoms with Gasteiger partial charge in [-0.3, -0.25) is 14.5 Å². The summed E-state index contributed by atoms with van der Waals surface area (Å²) in [5, 5.41) is 2.69. The van der Waals surface area contributed by atoms with E-state index >= 15 is 0 Å². The maximum atomic E-state index is 12.5. The maximum absolute atomic E-state index is 12.5. The van der Waals surface area contributed by atoms with Crippen LogP contribution in [0.1, 0.15) is 42.6 Å². The second-order valence-corrected chi connectivity index (χ2v) is 6.43. The van der Waals surface area contributed by atoms with Gasteiger partial charge in [0.15, 0.2) is 0 Å². The van der Waals surface area contributed by atoms with Crippen LogP contribution in [0.5, 0.6) is 0 Å². The summed E-state index contributed by atoms with van der Waals surface area (Å²) in [4.78, 5) is 50.8. The number of hydrogen-bond acceptors (Lipinski definition) is 5. The lowest BCUT2D eigenvalue weighted by Crippen LogP contribution is -2.57. The van der Waals surface area contributed by atoms with Crippen LogP contribution in [0.15, 0.2) is 24.3 Å². The van der Waals surface area contributed by atoms with Crippen molar-refractivity contribution in [2.75, 3.05) is 20.2 Å². The van der Waals surface area contributed by atoms with Crippen LogP contribution in [0.25, 0.3) is 0 Å². The Morgan fingerprint density at radius 2 is 1.89 bits per heavy atom. The molecule has 1 saturated heterocycles. The first kappa shape index (κ1) is 20.4. The van der Waals surface area contributed by atoms with Gasteiger partial charge in [-0.2, -0.15) is 0 Å². The van der Waals surface area contributed by atoms with E-state index in [9.17, 15) is 19.2 Å². The fourth-order valence-electron chi connectivity index (χ4n) is 2.77. The van der Waals surface area contributed by atoms with Gasteiger partial charge in [0.2, 0.25) is 11.8 Å². The lowest BCUT2D eigenvalue weighted by atomic mass is 10.1. The summed E-state index contributed by atoms with van der Waals surface area (Å²) in [6.07, 6.45) is 1.000. The fourth-order valence-corrected chi connectivity index (χ4v) is 2.77. The van der Waals surface area contributed by atoms with Gasteiger partial charge in [-0.25, -0.2) is 9.59 Å². The molecule has 0 unspecified atom stereocenters. The van der Waals surface area contributed by atoms with Gasteiger partial charge in [0.1, 0.15) is 6.54 Å². The van der Waals surface area contributed by atoms with Gasteiger partial charge >= 0.3 is 12.0 Å². The molecule has 2 rings (SSSR count). The molecule has 1 heterocycles. The molecule has 1 atom stereocenters. The number of urea groups is 1. The van der Waals surface area contributed by atoms with Crippen molar-refractivity contribution in [3.8, 4) is 0 Å². The number of ether oxygens (including phenoxy) is 1. The third-order valence-electron chi connectivity index (χ3n) is 4.63. The van der Waals surface area contributed by atoms with Gasteiger partial charge in [0, 0.05) is 25.6 Å². The minimum Gasteiger partial charge on any atom is -0.465 e. The summed E-state index contributed by atoms with van der Waals surface area (Å²) in [7, 11) is 1.31. The van der Waals surface area contributed by atoms with E-state index in [1.807, 2.05) is 13.8 Å². The Labute approximate surface area is 158 Å². The summed E-state index contributed by atoms with van der Waals surface area (Å²) in [6.45, 7) is 4.20. The normalized spacial score (nSPS) is 15.5. The summed E-state index contributed by atoms with van der Waals surface area (Å²) in [5.74, 6) is -1.18. The molecule has 1 aromatic carbocycles. The number of hydrogen-bond donors (Lipinski definition) is 1. The standard InChI is InChI=1S/C19H25N3O5/c1-4-13(2)21-10-9-17(24)22(19(21)26)12-16(23)20-11-14-5-7-15(8-6-14)18(25)27-3/h5-8,13H,4,9-12H2,1-3H3,(H,20,23)/t13-/m0/s1. The summed E-state index contributed by atoms with van der Waals surface area (Å²) >= 11 is 0. The van der Waals surface area contributed by atoms with Crippen molar-refractivity contribution in [2.45, 2.75) is 39.3 Å². The Kier molecular flexibility index (Phi) is 6.92. The van der Waals surface area contributed by atoms with E-state index in [1.54, 1.807) is 29.2 Å². The van der Waals surface area contributed by atoms with Crippen molar-refractivity contribution in [2.24, 2.45) is 0 Å². The third-order valence-corrected chi connectivity index (χ3v) is 4.63. The molecule has 1 fully saturated rings. The van der Waals surface area contributed by atoms with Gasteiger partial charge in [-0.1, -0.05) is 19.1 Å². The Morgan fingerprint density at radius 3 is 2.48 bits per heavy atom. The predicted molar refractivity (Wildman–Crippen MR) is 97.8 cm³/mol. The van der Waals surface area contributed by atoms with E-state index in [0.29, 0.717) is 12.1 Å². The summed E-state index contributed by atoms with van der Waals surface area (Å²) in [5.41, 5.74) is 1.20. The maximum Gasteiger partial charge on any atom is 0.337 e. The van der Waals surface area contributed by atoms with Crippen molar-refractivity contribution in [1.82, 2.24) is 15.1 Å². The van der Waals surface area contributed by atoms with Crippen molar-refractivity contribution >= 4 is 23.8 Å². The first-order valence-electron chi connectivity index (χ1n) is 8.92. The number of esters is 1. The van der Waals surface area contributed by atoms with Crippen molar-refractivity contribution in [3.05, 3.63) is 35.4 Å². The minimum atomic E-state index is -0.432. The molecular formula is C19H25N3O5. The number of benzene rings is 1. The van der Waals surface area contributed by atoms with Crippen LogP contribution >= 0.6 is 0 Å². The molecular weight excluding hydrogens is 350 g/mol. The first-order chi connectivity index (χ1) is 12.9. The van der Waals surface area contributed by atoms with Crippen LogP contribution in [0, 0.1) is 0 Å². The number of imide groups is 1. The topological polar surface area (TPSA) is 96.0 Å². The molecule has 0 aromatic heterocycles. The Balaban J connectivity index is 1.91. The molecule has 8 heteroatoms. The molecule has 0 spiro atoms. The molecule has 1 aliphatic heterocycles. The van der Waals surface area contributed by atoms with E-state index in [2.05, 4.69) is 10.1 Å². The van der Waals surface area contributed by atoms with Crippen LogP contribution in [-0.2, 0) is 20.9 Å². The number of methoxy groups -OCH3 is 1. The zero-order valence-electron chi connectivity index (χ0n) is 15.9. The number of nitrogens with zero attached hydrogens (tertiary/aromatic N) is 2. The average Bonchev–Trinajstić information content (AvgIpc) is 2.68. The van der Waals surface area contributed by atoms with Crippen molar-refractivity contribution < 1.29 is 23.9 Å². The Morgan fingerprint density at radius 1 is 1.22 bits per heavy atom. The lowest BCUT2D eigenvalue weighted by Gasteiger charge is -2.37. The fraction of sp³-hybridized carbons (Fsp3) is 0.474. The lowest BCUT2D eigenvalue weighted by molar-refractivity contribution is -0.135. The smallest absolute Gasteiger partial charge is 0.337 e. The van der Waals surface area contributed by atoms with Crippen LogP contribution in [0.2, 0.25) is 0 Å². The molecule has 8 nitrogen and oxygen atoms in total. The highest BCUT2D eigenvalue weighted by Gasteiger charge is 2.34. The molecule has 1 aromatic rings. The van der Waals surface area contributed by atoms with Crippen LogP contribution in [-0.4, -0.2) is 59.9 Å². The summed E-state index contributed by atoms with van der Waals surface area (Å²) < 4.78 is 4.63. The highest BCUT2D eigenvalue weighted by molar-refractivity contribution is 6.00. The second-order valence-electron chi connectivity index (χ2n) is 6.43. The molecule has 0 bridgehead atoms. The van der Waals surface area contributed by atoms with Crippen LogP contribution in [0.3, 0.4) is 0 Å². The Hall–Kier alpha value is -2.90. The number of rotatable bonds is 7. The first-order valence-corrected chi connectivity index (χ1v) is 8.92. The van der Waals surface area contributed by atoms with Crippen LogP contribution in [0.4, 0.5) is 4.79 Å². The monoisotopic (exact) mass is 375 g/mol. The van der Waals surface area contributed by atoms with Crippen molar-refractivity contribution in [1.29, 1.82) is 0 Å². The SMILES string of the molecule is CC[C@H](C)N1CCC(=O)N(CC(=O)NCc2ccc(C(=O)OC)cc2)C1=O. The van der Waals surface area contributed by atoms with E-state index in [1.165, 1.54) is 7.11 Å². The molecule has 1 aliphatic rings. The highest BCUT2D eigenvalue weighted by Crippen LogP contribution is 2.15. The largest absolute Gasteiger partial charge is 0.465 e. The number of carbonyl (C=O) groups excluding carboxylic acids is 4. The predicted octanol–water partition coefficient (Wildman–Crippen LogP) is 1.54. The molecule has 1 N–H and O–H groups in total. The minimum absolute atomic E-state index is 0.0180. The van der Waals surface area contributed by atoms with E-state index in [4.69, 9.17) is 0 Å². The zero-order valence-corrected chi connectivity index (χ0v) is 15.9. The average molecular weight is 375 g/mol. The third kappa shape index (κ3) is 5.06. The van der Waals surface area contributed by atoms with E-state index in [-0.39, 0.29) is 31.5 Å². The van der Waals surface area contributed by atoms with E-state index in [0.717, 1.165) is 16.9 Å². The molecule has 4 amide bonds. The van der Waals surface area contributed by atoms with Crippen LogP contribution < -0.4 is 5.32 Å².